The van der Waals surface area contributed by atoms with Crippen LogP contribution in [-0.2, 0) is 11.8 Å². The second-order valence-electron chi connectivity index (χ2n) is 9.55. The fraction of sp³-hybridized carbons (Fsp3) is 0.280. The number of nitrogens with one attached hydrogen (secondary N) is 2. The van der Waals surface area contributed by atoms with Crippen LogP contribution in [0.2, 0.25) is 10.0 Å². The third-order valence-electron chi connectivity index (χ3n) is 5.78. The van der Waals surface area contributed by atoms with E-state index in [0.29, 0.717) is 62.5 Å². The highest BCUT2D eigenvalue weighted by molar-refractivity contribution is 6.39. The van der Waals surface area contributed by atoms with Crippen molar-refractivity contribution in [1.82, 2.24) is 24.4 Å². The van der Waals surface area contributed by atoms with Crippen LogP contribution in [-0.4, -0.2) is 49.2 Å². The average molecular weight is 527 g/mol. The third-order valence-corrected chi connectivity index (χ3v) is 6.41. The molecule has 3 heterocycles. The highest BCUT2D eigenvalue weighted by atomic mass is 35.5. The Morgan fingerprint density at radius 3 is 2.50 bits per heavy atom. The summed E-state index contributed by atoms with van der Waals surface area (Å²) in [4.78, 5) is 39.4. The van der Waals surface area contributed by atoms with Crippen LogP contribution in [0.5, 0.6) is 0 Å². The standard InChI is InChI=1S/C25H24Cl2N6O3/c1-25(2,3)36-24(35)33-11-10-13(12-33)21-28-16-8-9-17-20(18(16)22(34)31-21)32(4)23(29-17)30-19-14(26)6-5-7-15(19)27/h5-10H,11-12H2,1-4H3,(H,29,30)(H,28,31,34). The van der Waals surface area contributed by atoms with E-state index in [0.717, 1.165) is 5.57 Å². The summed E-state index contributed by atoms with van der Waals surface area (Å²) in [7, 11) is 1.80. The lowest BCUT2D eigenvalue weighted by atomic mass is 10.2. The summed E-state index contributed by atoms with van der Waals surface area (Å²) in [5, 5.41) is 4.48. The van der Waals surface area contributed by atoms with Crippen molar-refractivity contribution >= 4 is 68.4 Å². The van der Waals surface area contributed by atoms with E-state index in [1.54, 1.807) is 40.8 Å². The van der Waals surface area contributed by atoms with Crippen LogP contribution in [0.25, 0.3) is 27.5 Å². The average Bonchev–Trinajstić information content (AvgIpc) is 3.41. The summed E-state index contributed by atoms with van der Waals surface area (Å²) < 4.78 is 7.22. The SMILES string of the molecule is Cn1c(Nc2c(Cl)cccc2Cl)nc2ccc3nc(C4=CCN(C(=O)OC(C)(C)C)C4)[nH]c(=O)c3c21. The molecule has 2 aromatic heterocycles. The highest BCUT2D eigenvalue weighted by Crippen LogP contribution is 2.34. The van der Waals surface area contributed by atoms with Crippen molar-refractivity contribution in [1.29, 1.82) is 0 Å². The van der Waals surface area contributed by atoms with Gasteiger partial charge in [0.2, 0.25) is 5.95 Å². The lowest BCUT2D eigenvalue weighted by Crippen LogP contribution is -2.35. The largest absolute Gasteiger partial charge is 0.444 e. The molecule has 0 spiro atoms. The Morgan fingerprint density at radius 1 is 1.11 bits per heavy atom. The molecule has 0 atom stereocenters. The molecule has 0 saturated carbocycles. The molecular weight excluding hydrogens is 503 g/mol. The number of anilines is 2. The zero-order valence-electron chi connectivity index (χ0n) is 20.1. The number of H-pyrrole nitrogens is 1. The molecule has 0 unspecified atom stereocenters. The van der Waals surface area contributed by atoms with Gasteiger partial charge >= 0.3 is 6.09 Å². The van der Waals surface area contributed by atoms with Gasteiger partial charge in [-0.3, -0.25) is 4.79 Å². The molecule has 1 aliphatic rings. The summed E-state index contributed by atoms with van der Waals surface area (Å²) in [5.74, 6) is 0.892. The Labute approximate surface area is 216 Å². The molecule has 0 aliphatic carbocycles. The van der Waals surface area contributed by atoms with Gasteiger partial charge in [-0.25, -0.2) is 14.8 Å². The summed E-state index contributed by atoms with van der Waals surface area (Å²) in [5.41, 5.74) is 2.14. The van der Waals surface area contributed by atoms with Gasteiger partial charge in [-0.1, -0.05) is 35.3 Å². The van der Waals surface area contributed by atoms with Crippen LogP contribution in [0.3, 0.4) is 0 Å². The fourth-order valence-corrected chi connectivity index (χ4v) is 4.61. The first-order valence-corrected chi connectivity index (χ1v) is 12.1. The van der Waals surface area contributed by atoms with Crippen molar-refractivity contribution in [3.63, 3.8) is 0 Å². The number of imidazole rings is 1. The number of halogens is 2. The minimum atomic E-state index is -0.589. The van der Waals surface area contributed by atoms with Crippen molar-refractivity contribution in [3.8, 4) is 0 Å². The van der Waals surface area contributed by atoms with Crippen LogP contribution in [0.1, 0.15) is 26.6 Å². The summed E-state index contributed by atoms with van der Waals surface area (Å²) in [6.45, 7) is 6.14. The lowest BCUT2D eigenvalue weighted by molar-refractivity contribution is 0.0306. The topological polar surface area (TPSA) is 105 Å². The number of aryl methyl sites for hydroxylation is 1. The molecule has 0 radical (unpaired) electrons. The van der Waals surface area contributed by atoms with Gasteiger partial charge in [0.25, 0.3) is 5.56 Å². The third kappa shape index (κ3) is 4.40. The second-order valence-corrected chi connectivity index (χ2v) is 10.4. The van der Waals surface area contributed by atoms with E-state index in [9.17, 15) is 9.59 Å². The smallest absolute Gasteiger partial charge is 0.410 e. The number of fused-ring (bicyclic) bond motifs is 3. The van der Waals surface area contributed by atoms with Crippen LogP contribution in [0.4, 0.5) is 16.4 Å². The molecule has 0 bridgehead atoms. The van der Waals surface area contributed by atoms with Crippen LogP contribution in [0.15, 0.2) is 41.2 Å². The molecule has 2 aromatic carbocycles. The Kier molecular flexibility index (Phi) is 5.92. The van der Waals surface area contributed by atoms with Crippen molar-refractivity contribution < 1.29 is 9.53 Å². The number of hydrogen-bond acceptors (Lipinski definition) is 6. The van der Waals surface area contributed by atoms with Crippen LogP contribution >= 0.6 is 23.2 Å². The van der Waals surface area contributed by atoms with E-state index in [1.807, 2.05) is 32.9 Å². The van der Waals surface area contributed by atoms with Crippen LogP contribution in [0, 0.1) is 0 Å². The molecule has 186 valence electrons. The van der Waals surface area contributed by atoms with E-state index in [1.165, 1.54) is 0 Å². The van der Waals surface area contributed by atoms with E-state index in [2.05, 4.69) is 15.3 Å². The fourth-order valence-electron chi connectivity index (χ4n) is 4.11. The Morgan fingerprint density at radius 2 is 1.81 bits per heavy atom. The lowest BCUT2D eigenvalue weighted by Gasteiger charge is -2.24. The van der Waals surface area contributed by atoms with E-state index >= 15 is 0 Å². The van der Waals surface area contributed by atoms with Gasteiger partial charge in [-0.2, -0.15) is 0 Å². The maximum atomic E-state index is 13.3. The molecule has 0 saturated heterocycles. The molecule has 4 aromatic rings. The molecular formula is C25H24Cl2N6O3. The molecule has 5 rings (SSSR count). The zero-order chi connectivity index (χ0) is 25.8. The number of rotatable bonds is 3. The first-order chi connectivity index (χ1) is 17.0. The van der Waals surface area contributed by atoms with E-state index < -0.39 is 11.7 Å². The van der Waals surface area contributed by atoms with Crippen molar-refractivity contribution in [2.24, 2.45) is 7.05 Å². The number of carbonyl (C=O) groups excluding carboxylic acids is 1. The molecule has 2 N–H and O–H groups in total. The Balaban J connectivity index is 1.50. The maximum absolute atomic E-state index is 13.3. The monoisotopic (exact) mass is 526 g/mol. The van der Waals surface area contributed by atoms with Gasteiger partial charge < -0.3 is 24.5 Å². The normalized spacial score (nSPS) is 13.9. The maximum Gasteiger partial charge on any atom is 0.410 e. The van der Waals surface area contributed by atoms with Crippen LogP contribution < -0.4 is 10.9 Å². The predicted octanol–water partition coefficient (Wildman–Crippen LogP) is 5.49. The van der Waals surface area contributed by atoms with E-state index in [4.69, 9.17) is 32.9 Å². The minimum absolute atomic E-state index is 0.296. The van der Waals surface area contributed by atoms with E-state index in [-0.39, 0.29) is 5.56 Å². The first-order valence-electron chi connectivity index (χ1n) is 11.3. The second kappa shape index (κ2) is 8.83. The number of aromatic amines is 1. The van der Waals surface area contributed by atoms with Gasteiger partial charge in [0, 0.05) is 19.2 Å². The Bertz CT molecular complexity index is 1600. The number of ether oxygens (including phenoxy) is 1. The van der Waals surface area contributed by atoms with Crippen molar-refractivity contribution in [2.75, 3.05) is 18.4 Å². The number of carbonyl (C=O) groups is 1. The number of hydrogen-bond donors (Lipinski definition) is 2. The summed E-state index contributed by atoms with van der Waals surface area (Å²) in [6.07, 6.45) is 1.46. The zero-order valence-corrected chi connectivity index (χ0v) is 21.7. The summed E-state index contributed by atoms with van der Waals surface area (Å²) >= 11 is 12.6. The number of aromatic nitrogens is 4. The van der Waals surface area contributed by atoms with Crippen molar-refractivity contribution in [3.05, 3.63) is 62.6 Å². The number of amides is 1. The van der Waals surface area contributed by atoms with Gasteiger partial charge in [0.05, 0.1) is 44.2 Å². The molecule has 9 nitrogen and oxygen atoms in total. The highest BCUT2D eigenvalue weighted by Gasteiger charge is 2.27. The molecule has 1 aliphatic heterocycles. The van der Waals surface area contributed by atoms with Gasteiger partial charge in [-0.05, 0) is 45.0 Å². The minimum Gasteiger partial charge on any atom is -0.444 e. The molecule has 1 amide bonds. The molecule has 36 heavy (non-hydrogen) atoms. The predicted molar refractivity (Wildman–Crippen MR) is 142 cm³/mol. The number of nitrogens with zero attached hydrogens (tertiary/aromatic N) is 4. The van der Waals surface area contributed by atoms with Gasteiger partial charge in [0.1, 0.15) is 11.4 Å². The first kappa shape index (κ1) is 24.1. The number of benzene rings is 2. The van der Waals surface area contributed by atoms with Gasteiger partial charge in [0.15, 0.2) is 0 Å². The molecule has 0 fully saturated rings. The quantitative estimate of drug-likeness (QED) is 0.365. The van der Waals surface area contributed by atoms with Crippen molar-refractivity contribution in [2.45, 2.75) is 26.4 Å². The van der Waals surface area contributed by atoms with Gasteiger partial charge in [-0.15, -0.1) is 0 Å². The number of para-hydroxylation sites is 1. The summed E-state index contributed by atoms with van der Waals surface area (Å²) in [6, 6.07) is 8.78. The Hall–Kier alpha value is -3.56. The molecule has 11 heteroatoms.